The molecule has 1 aliphatic heterocycles. The van der Waals surface area contributed by atoms with Crippen LogP contribution in [0.2, 0.25) is 0 Å². The van der Waals surface area contributed by atoms with Gasteiger partial charge in [-0.05, 0) is 35.2 Å². The van der Waals surface area contributed by atoms with E-state index in [2.05, 4.69) is 38.2 Å². The van der Waals surface area contributed by atoms with Crippen molar-refractivity contribution in [3.05, 3.63) is 21.0 Å². The van der Waals surface area contributed by atoms with Crippen molar-refractivity contribution in [2.45, 2.75) is 32.6 Å². The molecule has 1 N–H and O–H groups in total. The van der Waals surface area contributed by atoms with Crippen LogP contribution in [-0.4, -0.2) is 35.3 Å². The predicted molar refractivity (Wildman–Crippen MR) is 90.0 cm³/mol. The molecular weight excluding hydrogens is 348 g/mol. The van der Waals surface area contributed by atoms with E-state index in [-0.39, 0.29) is 17.4 Å². The summed E-state index contributed by atoms with van der Waals surface area (Å²) in [6.45, 7) is 4.40. The minimum Gasteiger partial charge on any atom is -0.369 e. The molecule has 22 heavy (non-hydrogen) atoms. The number of anilines is 1. The third kappa shape index (κ3) is 3.88. The maximum absolute atomic E-state index is 12.1. The van der Waals surface area contributed by atoms with Gasteiger partial charge < -0.3 is 10.2 Å². The topological polar surface area (TPSA) is 67.2 Å². The number of hydrogen-bond donors (Lipinski definition) is 1. The number of halogens is 1. The van der Waals surface area contributed by atoms with Crippen LogP contribution >= 0.6 is 15.9 Å². The molecular formula is C15H23BrN4O2. The lowest BCUT2D eigenvalue weighted by atomic mass is 9.95. The van der Waals surface area contributed by atoms with Gasteiger partial charge in [-0.2, -0.15) is 5.10 Å². The van der Waals surface area contributed by atoms with Crippen molar-refractivity contribution < 1.29 is 4.79 Å². The number of nitrogens with zero attached hydrogens (tertiary/aromatic N) is 3. The number of carbonyl (C=O) groups excluding carboxylic acids is 1. The van der Waals surface area contributed by atoms with E-state index < -0.39 is 0 Å². The van der Waals surface area contributed by atoms with Crippen LogP contribution in [0.5, 0.6) is 0 Å². The van der Waals surface area contributed by atoms with Crippen LogP contribution in [0.1, 0.15) is 32.6 Å². The first kappa shape index (κ1) is 17.0. The largest absolute Gasteiger partial charge is 0.369 e. The molecule has 6 nitrogen and oxygen atoms in total. The molecule has 0 aliphatic carbocycles. The number of hydrogen-bond acceptors (Lipinski definition) is 4. The number of nitrogens with one attached hydrogen (secondary N) is 1. The van der Waals surface area contributed by atoms with Gasteiger partial charge in [-0.3, -0.25) is 9.59 Å². The van der Waals surface area contributed by atoms with Gasteiger partial charge >= 0.3 is 0 Å². The van der Waals surface area contributed by atoms with Crippen LogP contribution in [0.15, 0.2) is 15.5 Å². The van der Waals surface area contributed by atoms with Crippen molar-refractivity contribution in [2.24, 2.45) is 13.0 Å². The fourth-order valence-electron chi connectivity index (χ4n) is 2.64. The van der Waals surface area contributed by atoms with Crippen LogP contribution in [-0.2, 0) is 11.8 Å². The van der Waals surface area contributed by atoms with Crippen molar-refractivity contribution in [3.63, 3.8) is 0 Å². The highest BCUT2D eigenvalue weighted by Gasteiger charge is 2.26. The molecule has 1 saturated heterocycles. The van der Waals surface area contributed by atoms with E-state index >= 15 is 0 Å². The van der Waals surface area contributed by atoms with Crippen molar-refractivity contribution in [1.82, 2.24) is 15.1 Å². The van der Waals surface area contributed by atoms with Crippen molar-refractivity contribution >= 4 is 27.5 Å². The molecule has 0 bridgehead atoms. The Bertz CT molecular complexity index is 579. The van der Waals surface area contributed by atoms with Crippen LogP contribution in [0.25, 0.3) is 0 Å². The summed E-state index contributed by atoms with van der Waals surface area (Å²) in [5.74, 6) is 0.237. The summed E-state index contributed by atoms with van der Waals surface area (Å²) in [5, 5.41) is 7.08. The maximum Gasteiger partial charge on any atom is 0.282 e. The normalized spacial score (nSPS) is 15.9. The summed E-state index contributed by atoms with van der Waals surface area (Å²) in [6.07, 6.45) is 5.42. The molecule has 0 spiro atoms. The number of aryl methyl sites for hydroxylation is 1. The van der Waals surface area contributed by atoms with Gasteiger partial charge in [0.25, 0.3) is 5.56 Å². The Morgan fingerprint density at radius 3 is 2.77 bits per heavy atom. The zero-order chi connectivity index (χ0) is 16.1. The fraction of sp³-hybridized carbons (Fsp3) is 0.667. The molecule has 2 rings (SSSR count). The highest BCUT2D eigenvalue weighted by molar-refractivity contribution is 9.10. The molecule has 0 atom stereocenters. The van der Waals surface area contributed by atoms with Gasteiger partial charge in [0.2, 0.25) is 5.91 Å². The molecule has 1 aromatic rings. The second-order valence-corrected chi connectivity index (χ2v) is 6.47. The fourth-order valence-corrected chi connectivity index (χ4v) is 3.25. The maximum atomic E-state index is 12.1. The van der Waals surface area contributed by atoms with E-state index in [0.29, 0.717) is 4.47 Å². The zero-order valence-electron chi connectivity index (χ0n) is 13.1. The van der Waals surface area contributed by atoms with Crippen LogP contribution in [0, 0.1) is 5.92 Å². The molecule has 1 fully saturated rings. The first-order valence-corrected chi connectivity index (χ1v) is 8.58. The molecule has 0 aromatic carbocycles. The highest BCUT2D eigenvalue weighted by atomic mass is 79.9. The molecule has 0 saturated carbocycles. The third-order valence-electron chi connectivity index (χ3n) is 4.10. The van der Waals surface area contributed by atoms with Crippen LogP contribution in [0.3, 0.4) is 0 Å². The lowest BCUT2D eigenvalue weighted by Crippen LogP contribution is -2.41. The molecule has 7 heteroatoms. The second kappa shape index (κ2) is 7.76. The summed E-state index contributed by atoms with van der Waals surface area (Å²) in [6, 6.07) is 0. The predicted octanol–water partition coefficient (Wildman–Crippen LogP) is 1.68. The van der Waals surface area contributed by atoms with Crippen LogP contribution in [0.4, 0.5) is 5.69 Å². The Morgan fingerprint density at radius 2 is 2.14 bits per heavy atom. The number of carbonyl (C=O) groups is 1. The van der Waals surface area contributed by atoms with Gasteiger partial charge in [-0.1, -0.05) is 13.3 Å². The molecule has 0 unspecified atom stereocenters. The summed E-state index contributed by atoms with van der Waals surface area (Å²) in [5.41, 5.74) is 0.671. The van der Waals surface area contributed by atoms with E-state index in [1.807, 2.05) is 0 Å². The highest BCUT2D eigenvalue weighted by Crippen LogP contribution is 2.27. The average molecular weight is 371 g/mol. The summed E-state index contributed by atoms with van der Waals surface area (Å²) in [4.78, 5) is 26.1. The molecule has 2 heterocycles. The summed E-state index contributed by atoms with van der Waals surface area (Å²) < 4.78 is 1.84. The van der Waals surface area contributed by atoms with E-state index in [9.17, 15) is 9.59 Å². The van der Waals surface area contributed by atoms with E-state index in [1.54, 1.807) is 13.2 Å². The van der Waals surface area contributed by atoms with Gasteiger partial charge in [-0.25, -0.2) is 4.68 Å². The third-order valence-corrected chi connectivity index (χ3v) is 4.84. The summed E-state index contributed by atoms with van der Waals surface area (Å²) >= 11 is 3.36. The van der Waals surface area contributed by atoms with E-state index in [4.69, 9.17) is 0 Å². The molecule has 1 aliphatic rings. The standard InChI is InChI=1S/C15H23BrN4O2/c1-3-4-7-17-14(21)11-5-8-20(9-6-11)12-10-18-19(2)15(22)13(12)16/h10-11H,3-9H2,1-2H3,(H,17,21). The zero-order valence-corrected chi connectivity index (χ0v) is 14.7. The SMILES string of the molecule is CCCCNC(=O)C1CCN(c2cnn(C)c(=O)c2Br)CC1. The first-order valence-electron chi connectivity index (χ1n) is 7.79. The second-order valence-electron chi connectivity index (χ2n) is 5.68. The smallest absolute Gasteiger partial charge is 0.282 e. The number of unbranched alkanes of at least 4 members (excludes halogenated alkanes) is 1. The Hall–Kier alpha value is -1.37. The molecule has 0 radical (unpaired) electrons. The average Bonchev–Trinajstić information content (AvgIpc) is 2.53. The number of amides is 1. The number of aromatic nitrogens is 2. The quantitative estimate of drug-likeness (QED) is 0.800. The molecule has 1 amide bonds. The molecule has 122 valence electrons. The van der Waals surface area contributed by atoms with Crippen LogP contribution < -0.4 is 15.8 Å². The number of piperidine rings is 1. The van der Waals surface area contributed by atoms with E-state index in [1.165, 1.54) is 4.68 Å². The molecule has 1 aromatic heterocycles. The Balaban J connectivity index is 1.94. The van der Waals surface area contributed by atoms with Gasteiger partial charge in [0, 0.05) is 32.6 Å². The van der Waals surface area contributed by atoms with Gasteiger partial charge in [0.05, 0.1) is 11.9 Å². The van der Waals surface area contributed by atoms with Crippen molar-refractivity contribution in [3.8, 4) is 0 Å². The minimum absolute atomic E-state index is 0.0754. The Morgan fingerprint density at radius 1 is 1.45 bits per heavy atom. The Labute approximate surface area is 139 Å². The lowest BCUT2D eigenvalue weighted by Gasteiger charge is -2.33. The van der Waals surface area contributed by atoms with Gasteiger partial charge in [0.15, 0.2) is 0 Å². The van der Waals surface area contributed by atoms with Crippen molar-refractivity contribution in [2.75, 3.05) is 24.5 Å². The minimum atomic E-state index is -0.142. The van der Waals surface area contributed by atoms with Gasteiger partial charge in [-0.15, -0.1) is 0 Å². The lowest BCUT2D eigenvalue weighted by molar-refractivity contribution is -0.125. The van der Waals surface area contributed by atoms with E-state index in [0.717, 1.165) is 51.0 Å². The van der Waals surface area contributed by atoms with Crippen molar-refractivity contribution in [1.29, 1.82) is 0 Å². The first-order chi connectivity index (χ1) is 10.5. The monoisotopic (exact) mass is 370 g/mol. The van der Waals surface area contributed by atoms with Gasteiger partial charge in [0.1, 0.15) is 4.47 Å². The number of rotatable bonds is 5. The summed E-state index contributed by atoms with van der Waals surface area (Å²) in [7, 11) is 1.63. The Kier molecular flexibility index (Phi) is 5.99.